The topological polar surface area (TPSA) is 132 Å². The fourth-order valence-corrected chi connectivity index (χ4v) is 2.60. The van der Waals surface area contributed by atoms with E-state index in [2.05, 4.69) is 9.97 Å². The molecule has 5 N–H and O–H groups in total. The predicted molar refractivity (Wildman–Crippen MR) is 74.8 cm³/mol. The lowest BCUT2D eigenvalue weighted by Gasteiger charge is -2.16. The molecule has 0 radical (unpaired) electrons. The highest BCUT2D eigenvalue weighted by Crippen LogP contribution is 2.31. The Labute approximate surface area is 124 Å². The minimum atomic E-state index is -1.22. The summed E-state index contributed by atoms with van der Waals surface area (Å²) < 4.78 is 8.82. The largest absolute Gasteiger partial charge is 0.394 e. The van der Waals surface area contributed by atoms with Crippen molar-refractivity contribution in [3.63, 3.8) is 0 Å². The second-order valence-electron chi connectivity index (χ2n) is 4.89. The first-order valence-electron chi connectivity index (χ1n) is 6.27. The van der Waals surface area contributed by atoms with Crippen molar-refractivity contribution in [1.29, 1.82) is 0 Å². The van der Waals surface area contributed by atoms with Crippen LogP contribution in [0.5, 0.6) is 0 Å². The monoisotopic (exact) mass is 313 g/mol. The summed E-state index contributed by atoms with van der Waals surface area (Å²) in [5, 5.41) is 29.0. The first-order valence-corrected chi connectivity index (χ1v) is 6.68. The van der Waals surface area contributed by atoms with Gasteiger partial charge in [-0.2, -0.15) is 4.98 Å². The van der Waals surface area contributed by atoms with E-state index in [4.69, 9.17) is 27.8 Å². The maximum atomic E-state index is 10.1. The summed E-state index contributed by atoms with van der Waals surface area (Å²) in [6.07, 6.45) is -2.80. The molecule has 114 valence electrons. The lowest BCUT2D eigenvalue weighted by atomic mass is 10.1. The third-order valence-electron chi connectivity index (χ3n) is 3.63. The first-order chi connectivity index (χ1) is 9.95. The molecule has 1 aliphatic heterocycles. The first kappa shape index (κ1) is 14.4. The second kappa shape index (κ2) is 5.00. The molecular weight excluding hydrogens is 298 g/mol. The third kappa shape index (κ3) is 2.03. The van der Waals surface area contributed by atoms with Gasteiger partial charge in [0.05, 0.1) is 12.9 Å². The van der Waals surface area contributed by atoms with E-state index in [9.17, 15) is 10.2 Å². The Kier molecular flexibility index (Phi) is 3.42. The summed E-state index contributed by atoms with van der Waals surface area (Å²) in [6, 6.07) is 0. The highest BCUT2D eigenvalue weighted by atomic mass is 32.1. The summed E-state index contributed by atoms with van der Waals surface area (Å²) >= 11 is 5.24. The molecule has 0 saturated carbocycles. The maximum absolute atomic E-state index is 10.1. The van der Waals surface area contributed by atoms with Gasteiger partial charge in [0.2, 0.25) is 5.95 Å². The van der Waals surface area contributed by atoms with E-state index in [0.717, 1.165) is 0 Å². The van der Waals surface area contributed by atoms with Gasteiger partial charge in [0.1, 0.15) is 28.5 Å². The van der Waals surface area contributed by atoms with E-state index in [1.54, 1.807) is 7.05 Å². The fraction of sp³-hybridized carbons (Fsp3) is 0.545. The molecule has 1 saturated heterocycles. The molecule has 0 bridgehead atoms. The van der Waals surface area contributed by atoms with Crippen LogP contribution in [-0.4, -0.2) is 59.3 Å². The van der Waals surface area contributed by atoms with Gasteiger partial charge in [-0.3, -0.25) is 4.57 Å². The lowest BCUT2D eigenvalue weighted by Crippen LogP contribution is -2.33. The van der Waals surface area contributed by atoms with Gasteiger partial charge in [0.25, 0.3) is 0 Å². The second-order valence-corrected chi connectivity index (χ2v) is 5.27. The average Bonchev–Trinajstić information content (AvgIpc) is 2.99. The van der Waals surface area contributed by atoms with Crippen LogP contribution < -0.4 is 5.73 Å². The number of nitrogens with zero attached hydrogens (tertiary/aromatic N) is 4. The van der Waals surface area contributed by atoms with Gasteiger partial charge in [-0.25, -0.2) is 4.98 Å². The van der Waals surface area contributed by atoms with Gasteiger partial charge in [0, 0.05) is 7.05 Å². The molecule has 3 rings (SSSR count). The average molecular weight is 313 g/mol. The number of aromatic nitrogens is 4. The molecule has 21 heavy (non-hydrogen) atoms. The van der Waals surface area contributed by atoms with E-state index in [1.807, 2.05) is 0 Å². The van der Waals surface area contributed by atoms with Gasteiger partial charge < -0.3 is 30.4 Å². The molecule has 0 amide bonds. The number of nitrogen functional groups attached to an aromatic ring is 1. The molecule has 2 aromatic rings. The van der Waals surface area contributed by atoms with Crippen molar-refractivity contribution in [2.24, 2.45) is 7.05 Å². The van der Waals surface area contributed by atoms with E-state index in [1.165, 1.54) is 15.5 Å². The third-order valence-corrected chi connectivity index (χ3v) is 4.10. The summed E-state index contributed by atoms with van der Waals surface area (Å²) in [4.78, 5) is 8.35. The van der Waals surface area contributed by atoms with Crippen molar-refractivity contribution in [2.45, 2.75) is 24.5 Å². The molecule has 1 fully saturated rings. The summed E-state index contributed by atoms with van der Waals surface area (Å²) in [7, 11) is 1.68. The van der Waals surface area contributed by atoms with Crippen LogP contribution >= 0.6 is 12.2 Å². The normalized spacial score (nSPS) is 29.3. The van der Waals surface area contributed by atoms with Crippen molar-refractivity contribution in [1.82, 2.24) is 19.1 Å². The van der Waals surface area contributed by atoms with Crippen molar-refractivity contribution in [3.05, 3.63) is 11.0 Å². The summed E-state index contributed by atoms with van der Waals surface area (Å²) in [6.45, 7) is -0.405. The molecule has 1 aliphatic rings. The van der Waals surface area contributed by atoms with Crippen LogP contribution in [0.4, 0.5) is 5.95 Å². The number of rotatable bonds is 2. The molecule has 9 nitrogen and oxygen atoms in total. The van der Waals surface area contributed by atoms with Crippen molar-refractivity contribution in [2.75, 3.05) is 12.3 Å². The molecule has 4 atom stereocenters. The highest BCUT2D eigenvalue weighted by molar-refractivity contribution is 7.71. The Bertz CT molecular complexity index is 744. The van der Waals surface area contributed by atoms with Crippen molar-refractivity contribution < 1.29 is 20.1 Å². The SMILES string of the molecule is Cn1c(N)nc2c(ncn2C2OC(CO)C(O)C2O)c1=S. The molecule has 2 aromatic heterocycles. The zero-order valence-corrected chi connectivity index (χ0v) is 11.9. The van der Waals surface area contributed by atoms with Gasteiger partial charge in [-0.05, 0) is 0 Å². The van der Waals surface area contributed by atoms with E-state index in [-0.39, 0.29) is 5.95 Å². The van der Waals surface area contributed by atoms with Crippen LogP contribution in [0.15, 0.2) is 6.33 Å². The fourth-order valence-electron chi connectivity index (χ4n) is 2.36. The molecule has 0 spiro atoms. The van der Waals surface area contributed by atoms with Crippen molar-refractivity contribution >= 4 is 29.3 Å². The Morgan fingerprint density at radius 1 is 1.43 bits per heavy atom. The summed E-state index contributed by atoms with van der Waals surface area (Å²) in [5.41, 5.74) is 6.58. The van der Waals surface area contributed by atoms with Crippen LogP contribution in [0.25, 0.3) is 11.2 Å². The number of nitrogens with two attached hydrogens (primary N) is 1. The van der Waals surface area contributed by atoms with E-state index < -0.39 is 31.1 Å². The quantitative estimate of drug-likeness (QED) is 0.503. The minimum Gasteiger partial charge on any atom is -0.394 e. The number of anilines is 1. The molecular formula is C11H15N5O4S. The Morgan fingerprint density at radius 2 is 2.14 bits per heavy atom. The predicted octanol–water partition coefficient (Wildman–Crippen LogP) is -1.31. The van der Waals surface area contributed by atoms with Gasteiger partial charge in [-0.1, -0.05) is 12.2 Å². The highest BCUT2D eigenvalue weighted by Gasteiger charge is 2.44. The molecule has 0 aliphatic carbocycles. The van der Waals surface area contributed by atoms with E-state index in [0.29, 0.717) is 15.8 Å². The van der Waals surface area contributed by atoms with E-state index >= 15 is 0 Å². The van der Waals surface area contributed by atoms with Crippen LogP contribution in [0.1, 0.15) is 6.23 Å². The van der Waals surface area contributed by atoms with Crippen molar-refractivity contribution in [3.8, 4) is 0 Å². The number of fused-ring (bicyclic) bond motifs is 1. The number of hydrogen-bond acceptors (Lipinski definition) is 8. The Morgan fingerprint density at radius 3 is 2.76 bits per heavy atom. The Balaban J connectivity index is 2.12. The van der Waals surface area contributed by atoms with Crippen LogP contribution in [-0.2, 0) is 11.8 Å². The number of aliphatic hydroxyl groups excluding tert-OH is 3. The number of hydrogen-bond donors (Lipinski definition) is 4. The lowest BCUT2D eigenvalue weighted by molar-refractivity contribution is -0.0511. The van der Waals surface area contributed by atoms with Gasteiger partial charge >= 0.3 is 0 Å². The number of imidazole rings is 1. The van der Waals surface area contributed by atoms with Crippen LogP contribution in [0, 0.1) is 4.64 Å². The summed E-state index contributed by atoms with van der Waals surface area (Å²) in [5.74, 6) is 0.195. The smallest absolute Gasteiger partial charge is 0.203 e. The zero-order valence-electron chi connectivity index (χ0n) is 11.1. The molecule has 3 heterocycles. The molecule has 0 aromatic carbocycles. The molecule has 4 unspecified atom stereocenters. The zero-order chi connectivity index (χ0) is 15.3. The maximum Gasteiger partial charge on any atom is 0.203 e. The van der Waals surface area contributed by atoms with Crippen LogP contribution in [0.2, 0.25) is 0 Å². The Hall–Kier alpha value is -1.59. The van der Waals surface area contributed by atoms with Gasteiger partial charge in [-0.15, -0.1) is 0 Å². The van der Waals surface area contributed by atoms with Crippen LogP contribution in [0.3, 0.4) is 0 Å². The standard InChI is InChI=1S/C11H15N5O4S/c1-15-10(21)5-8(14-11(15)12)16(3-13-5)9-7(19)6(18)4(2-17)20-9/h3-4,6-7,9,17-19H,2H2,1H3,(H2,12,14). The number of aliphatic hydroxyl groups is 3. The van der Waals surface area contributed by atoms with Gasteiger partial charge in [0.15, 0.2) is 11.9 Å². The molecule has 10 heteroatoms. The number of ether oxygens (including phenoxy) is 1. The minimum absolute atomic E-state index is 0.195.